The van der Waals surface area contributed by atoms with E-state index in [1.807, 2.05) is 18.0 Å². The second kappa shape index (κ2) is 11.8. The first kappa shape index (κ1) is 21.6. The summed E-state index contributed by atoms with van der Waals surface area (Å²) < 4.78 is 11.3. The normalized spacial score (nSPS) is 20.2. The van der Waals surface area contributed by atoms with Gasteiger partial charge in [0, 0.05) is 53.0 Å². The number of aliphatic imine (C=N–C) groups is 1. The van der Waals surface area contributed by atoms with Gasteiger partial charge in [-0.25, -0.2) is 0 Å². The van der Waals surface area contributed by atoms with E-state index in [1.54, 1.807) is 0 Å². The largest absolute Gasteiger partial charge is 0.381 e. The predicted octanol–water partition coefficient (Wildman–Crippen LogP) is 1.53. The van der Waals surface area contributed by atoms with E-state index >= 15 is 0 Å². The molecule has 0 saturated carbocycles. The van der Waals surface area contributed by atoms with Crippen LogP contribution in [0.15, 0.2) is 35.3 Å². The summed E-state index contributed by atoms with van der Waals surface area (Å²) in [6.45, 7) is 6.07. The summed E-state index contributed by atoms with van der Waals surface area (Å²) in [7, 11) is 1.81. The third kappa shape index (κ3) is 6.72. The summed E-state index contributed by atoms with van der Waals surface area (Å²) in [6.07, 6.45) is 3.51. The molecule has 7 heteroatoms. The van der Waals surface area contributed by atoms with Crippen LogP contribution in [0.1, 0.15) is 24.8 Å². The highest BCUT2D eigenvalue weighted by Crippen LogP contribution is 2.16. The third-order valence-corrected chi connectivity index (χ3v) is 5.43. The molecular weight excluding hydrogens is 368 g/mol. The van der Waals surface area contributed by atoms with Gasteiger partial charge in [-0.15, -0.1) is 0 Å². The van der Waals surface area contributed by atoms with Gasteiger partial charge in [-0.3, -0.25) is 9.79 Å². The summed E-state index contributed by atoms with van der Waals surface area (Å²) in [5.74, 6) is 1.05. The Morgan fingerprint density at radius 3 is 2.62 bits per heavy atom. The molecule has 7 nitrogen and oxygen atoms in total. The first-order chi connectivity index (χ1) is 14.3. The number of ether oxygens (including phenoxy) is 2. The standard InChI is InChI=1S/C22H34N4O3/c1-23-22(24-11-6-16-28-18-10-19-7-3-2-4-8-19)26-14-12-25(13-15-26)21(27)20-9-5-17-29-20/h2-4,7-8,20H,5-6,9-18H2,1H3,(H,23,24). The minimum absolute atomic E-state index is 0.151. The summed E-state index contributed by atoms with van der Waals surface area (Å²) in [5, 5.41) is 3.41. The molecule has 1 atom stereocenters. The van der Waals surface area contributed by atoms with Crippen molar-refractivity contribution in [2.24, 2.45) is 4.99 Å². The third-order valence-electron chi connectivity index (χ3n) is 5.43. The monoisotopic (exact) mass is 402 g/mol. The van der Waals surface area contributed by atoms with E-state index in [0.29, 0.717) is 6.61 Å². The lowest BCUT2D eigenvalue weighted by Crippen LogP contribution is -2.55. The molecule has 1 N–H and O–H groups in total. The number of hydrogen-bond donors (Lipinski definition) is 1. The van der Waals surface area contributed by atoms with Crippen molar-refractivity contribution in [3.63, 3.8) is 0 Å². The molecule has 0 aromatic heterocycles. The van der Waals surface area contributed by atoms with Crippen LogP contribution in [-0.4, -0.2) is 87.4 Å². The lowest BCUT2D eigenvalue weighted by atomic mass is 10.2. The molecule has 0 bridgehead atoms. The van der Waals surface area contributed by atoms with Gasteiger partial charge in [-0.05, 0) is 31.2 Å². The van der Waals surface area contributed by atoms with Crippen LogP contribution < -0.4 is 5.32 Å². The predicted molar refractivity (Wildman–Crippen MR) is 114 cm³/mol. The number of rotatable bonds is 8. The number of carbonyl (C=O) groups excluding carboxylic acids is 1. The van der Waals surface area contributed by atoms with Crippen LogP contribution in [0.25, 0.3) is 0 Å². The zero-order chi connectivity index (χ0) is 20.3. The molecule has 0 aliphatic carbocycles. The molecule has 2 fully saturated rings. The maximum atomic E-state index is 12.5. The first-order valence-electron chi connectivity index (χ1n) is 10.8. The van der Waals surface area contributed by atoms with E-state index in [-0.39, 0.29) is 12.0 Å². The van der Waals surface area contributed by atoms with Crippen molar-refractivity contribution in [3.8, 4) is 0 Å². The molecule has 2 saturated heterocycles. The fourth-order valence-corrected chi connectivity index (χ4v) is 3.76. The van der Waals surface area contributed by atoms with Crippen LogP contribution in [0, 0.1) is 0 Å². The molecule has 29 heavy (non-hydrogen) atoms. The Morgan fingerprint density at radius 2 is 1.93 bits per heavy atom. The Bertz CT molecular complexity index is 639. The molecule has 1 aromatic carbocycles. The number of benzene rings is 1. The van der Waals surface area contributed by atoms with Crippen molar-refractivity contribution in [1.82, 2.24) is 15.1 Å². The van der Waals surface area contributed by atoms with Gasteiger partial charge in [0.1, 0.15) is 6.10 Å². The van der Waals surface area contributed by atoms with E-state index in [4.69, 9.17) is 9.47 Å². The lowest BCUT2D eigenvalue weighted by Gasteiger charge is -2.37. The van der Waals surface area contributed by atoms with Gasteiger partial charge in [-0.1, -0.05) is 30.3 Å². The lowest BCUT2D eigenvalue weighted by molar-refractivity contribution is -0.142. The topological polar surface area (TPSA) is 66.4 Å². The number of carbonyl (C=O) groups is 1. The van der Waals surface area contributed by atoms with Gasteiger partial charge in [-0.2, -0.15) is 0 Å². The van der Waals surface area contributed by atoms with E-state index < -0.39 is 0 Å². The second-order valence-corrected chi connectivity index (χ2v) is 7.49. The van der Waals surface area contributed by atoms with Crippen molar-refractivity contribution >= 4 is 11.9 Å². The molecule has 1 unspecified atom stereocenters. The summed E-state index contributed by atoms with van der Waals surface area (Å²) in [5.41, 5.74) is 1.31. The van der Waals surface area contributed by atoms with Crippen LogP contribution >= 0.6 is 0 Å². The molecule has 0 radical (unpaired) electrons. The molecule has 2 aliphatic rings. The van der Waals surface area contributed by atoms with E-state index in [0.717, 1.165) is 77.6 Å². The second-order valence-electron chi connectivity index (χ2n) is 7.49. The van der Waals surface area contributed by atoms with Crippen LogP contribution in [0.3, 0.4) is 0 Å². The van der Waals surface area contributed by atoms with Crippen LogP contribution in [0.4, 0.5) is 0 Å². The van der Waals surface area contributed by atoms with Crippen LogP contribution in [0.5, 0.6) is 0 Å². The smallest absolute Gasteiger partial charge is 0.251 e. The van der Waals surface area contributed by atoms with Gasteiger partial charge in [0.05, 0.1) is 6.61 Å². The van der Waals surface area contributed by atoms with Gasteiger partial charge >= 0.3 is 0 Å². The van der Waals surface area contributed by atoms with E-state index in [1.165, 1.54) is 5.56 Å². The molecule has 2 aliphatic heterocycles. The minimum Gasteiger partial charge on any atom is -0.381 e. The molecule has 1 amide bonds. The Morgan fingerprint density at radius 1 is 1.17 bits per heavy atom. The minimum atomic E-state index is -0.221. The summed E-state index contributed by atoms with van der Waals surface area (Å²) >= 11 is 0. The quantitative estimate of drug-likeness (QED) is 0.406. The van der Waals surface area contributed by atoms with Gasteiger partial charge in [0.25, 0.3) is 5.91 Å². The molecular formula is C22H34N4O3. The average Bonchev–Trinajstić information content (AvgIpc) is 3.31. The van der Waals surface area contributed by atoms with Crippen molar-refractivity contribution in [1.29, 1.82) is 0 Å². The fraction of sp³-hybridized carbons (Fsp3) is 0.636. The Kier molecular flexibility index (Phi) is 8.77. The highest BCUT2D eigenvalue weighted by molar-refractivity contribution is 5.82. The maximum absolute atomic E-state index is 12.5. The number of nitrogens with one attached hydrogen (secondary N) is 1. The van der Waals surface area contributed by atoms with E-state index in [9.17, 15) is 4.79 Å². The number of nitrogens with zero attached hydrogens (tertiary/aromatic N) is 3. The Balaban J connectivity index is 1.27. The van der Waals surface area contributed by atoms with Crippen molar-refractivity contribution in [2.75, 3.05) is 59.6 Å². The summed E-state index contributed by atoms with van der Waals surface area (Å²) in [4.78, 5) is 21.0. The number of piperazine rings is 1. The van der Waals surface area contributed by atoms with Gasteiger partial charge < -0.3 is 24.6 Å². The SMILES string of the molecule is CN=C(NCCCOCCc1ccccc1)N1CCN(C(=O)C2CCCO2)CC1. The van der Waals surface area contributed by atoms with Crippen LogP contribution in [-0.2, 0) is 20.7 Å². The average molecular weight is 403 g/mol. The summed E-state index contributed by atoms with van der Waals surface area (Å²) in [6, 6.07) is 10.4. The van der Waals surface area contributed by atoms with Gasteiger partial charge in [0.2, 0.25) is 0 Å². The first-order valence-corrected chi connectivity index (χ1v) is 10.8. The van der Waals surface area contributed by atoms with Crippen molar-refractivity contribution in [3.05, 3.63) is 35.9 Å². The molecule has 3 rings (SSSR count). The number of hydrogen-bond acceptors (Lipinski definition) is 4. The molecule has 2 heterocycles. The van der Waals surface area contributed by atoms with E-state index in [2.05, 4.69) is 39.5 Å². The molecule has 0 spiro atoms. The Labute approximate surface area is 174 Å². The maximum Gasteiger partial charge on any atom is 0.251 e. The van der Waals surface area contributed by atoms with Crippen molar-refractivity contribution < 1.29 is 14.3 Å². The zero-order valence-corrected chi connectivity index (χ0v) is 17.5. The number of guanidine groups is 1. The highest BCUT2D eigenvalue weighted by Gasteiger charge is 2.30. The highest BCUT2D eigenvalue weighted by atomic mass is 16.5. The van der Waals surface area contributed by atoms with Gasteiger partial charge in [0.15, 0.2) is 5.96 Å². The number of amides is 1. The van der Waals surface area contributed by atoms with Crippen LogP contribution in [0.2, 0.25) is 0 Å². The fourth-order valence-electron chi connectivity index (χ4n) is 3.76. The molecule has 160 valence electrons. The zero-order valence-electron chi connectivity index (χ0n) is 17.5. The molecule has 1 aromatic rings. The Hall–Kier alpha value is -2.12. The van der Waals surface area contributed by atoms with Crippen molar-refractivity contribution in [2.45, 2.75) is 31.8 Å².